The van der Waals surface area contributed by atoms with Crippen molar-refractivity contribution in [1.82, 2.24) is 9.80 Å². The quantitative estimate of drug-likeness (QED) is 0.891. The first kappa shape index (κ1) is 17.5. The first-order chi connectivity index (χ1) is 11.7. The maximum atomic E-state index is 12.8. The number of carbonyl (C=O) groups is 3. The monoisotopic (exact) mass is 343 g/mol. The Morgan fingerprint density at radius 3 is 2.28 bits per heavy atom. The van der Waals surface area contributed by atoms with Crippen LogP contribution in [0.1, 0.15) is 43.6 Å². The fourth-order valence-corrected chi connectivity index (χ4v) is 3.38. The SMILES string of the molecule is CC(C)C(=O)N1CCN(C(=O)c2ccc3c(c2)C(C)(C)C(=O)N3)CC1. The Morgan fingerprint density at radius 1 is 1.08 bits per heavy atom. The highest BCUT2D eigenvalue weighted by molar-refractivity contribution is 6.07. The number of rotatable bonds is 2. The fourth-order valence-electron chi connectivity index (χ4n) is 3.38. The van der Waals surface area contributed by atoms with Gasteiger partial charge in [-0.05, 0) is 37.6 Å². The van der Waals surface area contributed by atoms with Gasteiger partial charge in [-0.1, -0.05) is 13.8 Å². The van der Waals surface area contributed by atoms with E-state index in [1.54, 1.807) is 17.0 Å². The van der Waals surface area contributed by atoms with Gasteiger partial charge >= 0.3 is 0 Å². The maximum absolute atomic E-state index is 12.8. The minimum Gasteiger partial charge on any atom is -0.339 e. The predicted octanol–water partition coefficient (Wildman–Crippen LogP) is 1.86. The number of benzene rings is 1. The molecule has 0 atom stereocenters. The van der Waals surface area contributed by atoms with Crippen molar-refractivity contribution < 1.29 is 14.4 Å². The highest BCUT2D eigenvalue weighted by Crippen LogP contribution is 2.37. The fraction of sp³-hybridized carbons (Fsp3) is 0.526. The average molecular weight is 343 g/mol. The molecular formula is C19H25N3O3. The molecule has 1 N–H and O–H groups in total. The molecule has 6 heteroatoms. The summed E-state index contributed by atoms with van der Waals surface area (Å²) in [5.41, 5.74) is 1.59. The van der Waals surface area contributed by atoms with Gasteiger partial charge in [0.15, 0.2) is 0 Å². The van der Waals surface area contributed by atoms with E-state index >= 15 is 0 Å². The summed E-state index contributed by atoms with van der Waals surface area (Å²) in [6.07, 6.45) is 0. The number of piperazine rings is 1. The molecule has 3 rings (SSSR count). The molecule has 0 aliphatic carbocycles. The summed E-state index contributed by atoms with van der Waals surface area (Å²) in [6, 6.07) is 5.38. The summed E-state index contributed by atoms with van der Waals surface area (Å²) >= 11 is 0. The van der Waals surface area contributed by atoms with Crippen molar-refractivity contribution in [3.05, 3.63) is 29.3 Å². The van der Waals surface area contributed by atoms with Crippen LogP contribution in [0.5, 0.6) is 0 Å². The number of nitrogens with one attached hydrogen (secondary N) is 1. The van der Waals surface area contributed by atoms with Gasteiger partial charge in [0.1, 0.15) is 0 Å². The molecule has 1 saturated heterocycles. The van der Waals surface area contributed by atoms with Gasteiger partial charge < -0.3 is 15.1 Å². The number of hydrogen-bond acceptors (Lipinski definition) is 3. The van der Waals surface area contributed by atoms with Crippen LogP contribution in [0, 0.1) is 5.92 Å². The molecular weight excluding hydrogens is 318 g/mol. The van der Waals surface area contributed by atoms with Gasteiger partial charge in [0.2, 0.25) is 11.8 Å². The number of hydrogen-bond donors (Lipinski definition) is 1. The summed E-state index contributed by atoms with van der Waals surface area (Å²) in [5.74, 6) is 0.0182. The zero-order chi connectivity index (χ0) is 18.4. The van der Waals surface area contributed by atoms with Crippen molar-refractivity contribution >= 4 is 23.4 Å². The first-order valence-corrected chi connectivity index (χ1v) is 8.76. The topological polar surface area (TPSA) is 69.7 Å². The molecule has 134 valence electrons. The van der Waals surface area contributed by atoms with Crippen molar-refractivity contribution in [2.75, 3.05) is 31.5 Å². The summed E-state index contributed by atoms with van der Waals surface area (Å²) in [5, 5.41) is 2.85. The lowest BCUT2D eigenvalue weighted by molar-refractivity contribution is -0.135. The summed E-state index contributed by atoms with van der Waals surface area (Å²) in [7, 11) is 0. The van der Waals surface area contributed by atoms with Crippen LogP contribution in [0.25, 0.3) is 0 Å². The minimum atomic E-state index is -0.631. The molecule has 1 aromatic rings. The van der Waals surface area contributed by atoms with Gasteiger partial charge in [-0.25, -0.2) is 0 Å². The number of anilines is 1. The zero-order valence-electron chi connectivity index (χ0n) is 15.3. The summed E-state index contributed by atoms with van der Waals surface area (Å²) in [4.78, 5) is 40.5. The van der Waals surface area contributed by atoms with Crippen molar-refractivity contribution in [2.45, 2.75) is 33.1 Å². The molecule has 0 radical (unpaired) electrons. The normalized spacial score (nSPS) is 19.0. The van der Waals surface area contributed by atoms with Gasteiger partial charge in [-0.15, -0.1) is 0 Å². The molecule has 0 unspecified atom stereocenters. The lowest BCUT2D eigenvalue weighted by atomic mass is 9.85. The molecule has 2 aliphatic heterocycles. The van der Waals surface area contributed by atoms with Crippen LogP contribution in [0.4, 0.5) is 5.69 Å². The lowest BCUT2D eigenvalue weighted by Gasteiger charge is -2.35. The van der Waals surface area contributed by atoms with E-state index < -0.39 is 5.41 Å². The van der Waals surface area contributed by atoms with Crippen LogP contribution >= 0.6 is 0 Å². The van der Waals surface area contributed by atoms with Gasteiger partial charge in [-0.2, -0.15) is 0 Å². The minimum absolute atomic E-state index is 0.0220. The Labute approximate surface area is 148 Å². The third-order valence-corrected chi connectivity index (χ3v) is 5.13. The molecule has 3 amide bonds. The van der Waals surface area contributed by atoms with Gasteiger partial charge in [0.05, 0.1) is 5.41 Å². The first-order valence-electron chi connectivity index (χ1n) is 8.76. The van der Waals surface area contributed by atoms with Crippen LogP contribution in [0.2, 0.25) is 0 Å². The molecule has 2 aliphatic rings. The maximum Gasteiger partial charge on any atom is 0.253 e. The van der Waals surface area contributed by atoms with E-state index in [-0.39, 0.29) is 23.6 Å². The van der Waals surface area contributed by atoms with E-state index in [0.717, 1.165) is 11.3 Å². The highest BCUT2D eigenvalue weighted by Gasteiger charge is 2.39. The predicted molar refractivity (Wildman–Crippen MR) is 95.4 cm³/mol. The highest BCUT2D eigenvalue weighted by atomic mass is 16.2. The Bertz CT molecular complexity index is 731. The smallest absolute Gasteiger partial charge is 0.253 e. The zero-order valence-corrected chi connectivity index (χ0v) is 15.3. The molecule has 1 aromatic carbocycles. The van der Waals surface area contributed by atoms with E-state index in [4.69, 9.17) is 0 Å². The number of fused-ring (bicyclic) bond motifs is 1. The molecule has 1 fully saturated rings. The second kappa shape index (κ2) is 6.17. The number of nitrogens with zero attached hydrogens (tertiary/aromatic N) is 2. The largest absolute Gasteiger partial charge is 0.339 e. The second-order valence-corrected chi connectivity index (χ2v) is 7.61. The Kier molecular flexibility index (Phi) is 4.31. The van der Waals surface area contributed by atoms with Crippen LogP contribution in [-0.2, 0) is 15.0 Å². The third kappa shape index (κ3) is 3.01. The van der Waals surface area contributed by atoms with E-state index in [0.29, 0.717) is 31.7 Å². The van der Waals surface area contributed by atoms with Crippen molar-refractivity contribution in [3.63, 3.8) is 0 Å². The van der Waals surface area contributed by atoms with E-state index in [1.165, 1.54) is 0 Å². The van der Waals surface area contributed by atoms with Crippen LogP contribution in [-0.4, -0.2) is 53.7 Å². The molecule has 25 heavy (non-hydrogen) atoms. The third-order valence-electron chi connectivity index (χ3n) is 5.13. The van der Waals surface area contributed by atoms with Crippen molar-refractivity contribution in [2.24, 2.45) is 5.92 Å². The number of carbonyl (C=O) groups excluding carboxylic acids is 3. The Morgan fingerprint density at radius 2 is 1.68 bits per heavy atom. The summed E-state index contributed by atoms with van der Waals surface area (Å²) in [6.45, 7) is 9.71. The molecule has 0 spiro atoms. The van der Waals surface area contributed by atoms with Crippen LogP contribution < -0.4 is 5.32 Å². The van der Waals surface area contributed by atoms with Crippen molar-refractivity contribution in [3.8, 4) is 0 Å². The molecule has 0 saturated carbocycles. The average Bonchev–Trinajstić information content (AvgIpc) is 2.82. The Hall–Kier alpha value is -2.37. The second-order valence-electron chi connectivity index (χ2n) is 7.61. The van der Waals surface area contributed by atoms with E-state index in [9.17, 15) is 14.4 Å². The molecule has 0 bridgehead atoms. The summed E-state index contributed by atoms with van der Waals surface area (Å²) < 4.78 is 0. The Balaban J connectivity index is 1.73. The molecule has 6 nitrogen and oxygen atoms in total. The lowest BCUT2D eigenvalue weighted by Crippen LogP contribution is -2.51. The van der Waals surface area contributed by atoms with Crippen LogP contribution in [0.3, 0.4) is 0 Å². The number of amides is 3. The van der Waals surface area contributed by atoms with Crippen LogP contribution in [0.15, 0.2) is 18.2 Å². The molecule has 0 aromatic heterocycles. The standard InChI is InChI=1S/C19H25N3O3/c1-12(2)16(23)21-7-9-22(10-8-21)17(24)13-5-6-15-14(11-13)19(3,4)18(25)20-15/h5-6,11-12H,7-10H2,1-4H3,(H,20,25). The van der Waals surface area contributed by atoms with E-state index in [2.05, 4.69) is 5.32 Å². The van der Waals surface area contributed by atoms with E-state index in [1.807, 2.05) is 38.7 Å². The molecule has 2 heterocycles. The van der Waals surface area contributed by atoms with Gasteiger partial charge in [0.25, 0.3) is 5.91 Å². The van der Waals surface area contributed by atoms with Gasteiger partial charge in [-0.3, -0.25) is 14.4 Å². The van der Waals surface area contributed by atoms with Gasteiger partial charge in [0, 0.05) is 43.3 Å². The van der Waals surface area contributed by atoms with Crippen molar-refractivity contribution in [1.29, 1.82) is 0 Å².